The van der Waals surface area contributed by atoms with Crippen molar-refractivity contribution < 1.29 is 14.3 Å². The second kappa shape index (κ2) is 5.30. The Bertz CT molecular complexity index is 606. The molecular formula is C17H22N2O3. The van der Waals surface area contributed by atoms with Gasteiger partial charge in [0.2, 0.25) is 5.91 Å². The molecule has 3 rings (SSSR count). The molecule has 1 fully saturated rings. The van der Waals surface area contributed by atoms with Gasteiger partial charge in [-0.25, -0.2) is 4.79 Å². The van der Waals surface area contributed by atoms with Crippen molar-refractivity contribution in [3.8, 4) is 0 Å². The van der Waals surface area contributed by atoms with E-state index < -0.39 is 5.60 Å². The molecule has 5 heteroatoms. The standard InChI is InChI=1S/C17H22N2O3/c1-17(2,3)22-16(21)19-9-8-11(10-19)14-12-6-4-5-7-13(12)18-15(14)20/h4-7,11,14H,8-10H2,1-3H3,(H,18,20)/t11-,14+/m0/s1. The Hall–Kier alpha value is -2.04. The Morgan fingerprint density at radius 3 is 2.77 bits per heavy atom. The summed E-state index contributed by atoms with van der Waals surface area (Å²) in [5.74, 6) is 0.0250. The SMILES string of the molecule is CC(C)(C)OC(=O)N1CC[C@H]([C@H]2C(=O)Nc3ccccc32)C1. The van der Waals surface area contributed by atoms with Crippen molar-refractivity contribution in [2.24, 2.45) is 5.92 Å². The highest BCUT2D eigenvalue weighted by Gasteiger charge is 2.41. The van der Waals surface area contributed by atoms with E-state index in [-0.39, 0.29) is 23.8 Å². The molecule has 2 atom stereocenters. The Kier molecular flexibility index (Phi) is 3.59. The van der Waals surface area contributed by atoms with E-state index >= 15 is 0 Å². The fourth-order valence-electron chi connectivity index (χ4n) is 3.25. The number of amides is 2. The normalized spacial score (nSPS) is 24.1. The number of benzene rings is 1. The number of nitrogens with zero attached hydrogens (tertiary/aromatic N) is 1. The van der Waals surface area contributed by atoms with E-state index in [9.17, 15) is 9.59 Å². The summed E-state index contributed by atoms with van der Waals surface area (Å²) in [6.07, 6.45) is 0.535. The number of carbonyl (C=O) groups is 2. The Morgan fingerprint density at radius 2 is 2.05 bits per heavy atom. The van der Waals surface area contributed by atoms with Crippen LogP contribution >= 0.6 is 0 Å². The fraction of sp³-hybridized carbons (Fsp3) is 0.529. The second-order valence-electron chi connectivity index (χ2n) is 7.03. The quantitative estimate of drug-likeness (QED) is 0.867. The average molecular weight is 302 g/mol. The lowest BCUT2D eigenvalue weighted by molar-refractivity contribution is -0.118. The first-order valence-corrected chi connectivity index (χ1v) is 7.73. The molecule has 1 aromatic rings. The van der Waals surface area contributed by atoms with Crippen LogP contribution in [-0.2, 0) is 9.53 Å². The molecule has 22 heavy (non-hydrogen) atoms. The molecular weight excluding hydrogens is 280 g/mol. The lowest BCUT2D eigenvalue weighted by Gasteiger charge is -2.25. The summed E-state index contributed by atoms with van der Waals surface area (Å²) in [7, 11) is 0. The van der Waals surface area contributed by atoms with Gasteiger partial charge in [0.15, 0.2) is 0 Å². The molecule has 118 valence electrons. The number of fused-ring (bicyclic) bond motifs is 1. The van der Waals surface area contributed by atoms with Gasteiger partial charge in [-0.3, -0.25) is 4.79 Å². The number of carbonyl (C=O) groups excluding carboxylic acids is 2. The van der Waals surface area contributed by atoms with E-state index in [1.54, 1.807) is 4.90 Å². The summed E-state index contributed by atoms with van der Waals surface area (Å²) in [5, 5.41) is 2.93. The number of likely N-dealkylation sites (tertiary alicyclic amines) is 1. The van der Waals surface area contributed by atoms with E-state index in [2.05, 4.69) is 5.32 Å². The Morgan fingerprint density at radius 1 is 1.32 bits per heavy atom. The third kappa shape index (κ3) is 2.80. The molecule has 0 bridgehead atoms. The fourth-order valence-corrected chi connectivity index (χ4v) is 3.25. The van der Waals surface area contributed by atoms with Crippen LogP contribution in [0.3, 0.4) is 0 Å². The summed E-state index contributed by atoms with van der Waals surface area (Å²) in [4.78, 5) is 26.1. The summed E-state index contributed by atoms with van der Waals surface area (Å²) >= 11 is 0. The molecule has 1 N–H and O–H groups in total. The Balaban J connectivity index is 1.71. The van der Waals surface area contributed by atoms with Crippen LogP contribution < -0.4 is 5.32 Å². The molecule has 1 aromatic carbocycles. The number of anilines is 1. The van der Waals surface area contributed by atoms with Gasteiger partial charge in [-0.1, -0.05) is 18.2 Å². The van der Waals surface area contributed by atoms with Crippen molar-refractivity contribution in [2.45, 2.75) is 38.7 Å². The average Bonchev–Trinajstić information content (AvgIpc) is 2.99. The maximum absolute atomic E-state index is 12.3. The topological polar surface area (TPSA) is 58.6 Å². The largest absolute Gasteiger partial charge is 0.444 e. The molecule has 0 spiro atoms. The first kappa shape index (κ1) is 14.9. The highest BCUT2D eigenvalue weighted by Crippen LogP contribution is 2.40. The van der Waals surface area contributed by atoms with E-state index in [4.69, 9.17) is 4.74 Å². The van der Waals surface area contributed by atoms with Crippen LogP contribution in [0.1, 0.15) is 38.7 Å². The highest BCUT2D eigenvalue weighted by molar-refractivity contribution is 6.03. The zero-order chi connectivity index (χ0) is 15.9. The van der Waals surface area contributed by atoms with Crippen LogP contribution in [0.5, 0.6) is 0 Å². The Labute approximate surface area is 130 Å². The summed E-state index contributed by atoms with van der Waals surface area (Å²) in [6.45, 7) is 6.80. The first-order chi connectivity index (χ1) is 10.3. The maximum atomic E-state index is 12.3. The van der Waals surface area contributed by atoms with Gasteiger partial charge in [0.05, 0.1) is 5.92 Å². The number of ether oxygens (including phenoxy) is 1. The number of hydrogen-bond donors (Lipinski definition) is 1. The van der Waals surface area contributed by atoms with Gasteiger partial charge in [0.25, 0.3) is 0 Å². The molecule has 5 nitrogen and oxygen atoms in total. The highest BCUT2D eigenvalue weighted by atomic mass is 16.6. The van der Waals surface area contributed by atoms with Crippen LogP contribution in [0.2, 0.25) is 0 Å². The molecule has 0 aliphatic carbocycles. The molecule has 2 aliphatic heterocycles. The van der Waals surface area contributed by atoms with Crippen LogP contribution in [0.15, 0.2) is 24.3 Å². The molecule has 0 aromatic heterocycles. The first-order valence-electron chi connectivity index (χ1n) is 7.73. The van der Waals surface area contributed by atoms with Crippen molar-refractivity contribution in [2.75, 3.05) is 18.4 Å². The molecule has 0 radical (unpaired) electrons. The van der Waals surface area contributed by atoms with Gasteiger partial charge in [-0.2, -0.15) is 0 Å². The smallest absolute Gasteiger partial charge is 0.410 e. The molecule has 1 saturated heterocycles. The van der Waals surface area contributed by atoms with Crippen LogP contribution in [0.25, 0.3) is 0 Å². The lowest BCUT2D eigenvalue weighted by Crippen LogP contribution is -2.36. The molecule has 0 unspecified atom stereocenters. The van der Waals surface area contributed by atoms with E-state index in [0.717, 1.165) is 17.7 Å². The van der Waals surface area contributed by atoms with Gasteiger partial charge in [-0.05, 0) is 44.7 Å². The van der Waals surface area contributed by atoms with Gasteiger partial charge in [-0.15, -0.1) is 0 Å². The third-order valence-electron chi connectivity index (χ3n) is 4.18. The second-order valence-corrected chi connectivity index (χ2v) is 7.03. The predicted octanol–water partition coefficient (Wildman–Crippen LogP) is 2.98. The van der Waals surface area contributed by atoms with Crippen molar-refractivity contribution >= 4 is 17.7 Å². The minimum Gasteiger partial charge on any atom is -0.444 e. The summed E-state index contributed by atoms with van der Waals surface area (Å²) in [5.41, 5.74) is 1.45. The molecule has 2 amide bonds. The van der Waals surface area contributed by atoms with Crippen molar-refractivity contribution in [3.63, 3.8) is 0 Å². The van der Waals surface area contributed by atoms with Crippen molar-refractivity contribution in [1.29, 1.82) is 0 Å². The maximum Gasteiger partial charge on any atom is 0.410 e. The van der Waals surface area contributed by atoms with Gasteiger partial charge in [0.1, 0.15) is 5.60 Å². The van der Waals surface area contributed by atoms with Gasteiger partial charge in [0, 0.05) is 18.8 Å². The van der Waals surface area contributed by atoms with Crippen molar-refractivity contribution in [3.05, 3.63) is 29.8 Å². The van der Waals surface area contributed by atoms with Crippen LogP contribution in [0, 0.1) is 5.92 Å². The van der Waals surface area contributed by atoms with Crippen molar-refractivity contribution in [1.82, 2.24) is 4.90 Å². The monoisotopic (exact) mass is 302 g/mol. The molecule has 2 heterocycles. The van der Waals surface area contributed by atoms with Crippen LogP contribution in [-0.4, -0.2) is 35.6 Å². The molecule has 2 aliphatic rings. The van der Waals surface area contributed by atoms with Crippen LogP contribution in [0.4, 0.5) is 10.5 Å². The number of para-hydroxylation sites is 1. The van der Waals surface area contributed by atoms with E-state index in [1.165, 1.54) is 0 Å². The predicted molar refractivity (Wildman–Crippen MR) is 83.7 cm³/mol. The molecule has 0 saturated carbocycles. The van der Waals surface area contributed by atoms with E-state index in [0.29, 0.717) is 13.1 Å². The number of rotatable bonds is 1. The van der Waals surface area contributed by atoms with Gasteiger partial charge >= 0.3 is 6.09 Å². The van der Waals surface area contributed by atoms with Gasteiger partial charge < -0.3 is 15.0 Å². The zero-order valence-corrected chi connectivity index (χ0v) is 13.3. The zero-order valence-electron chi connectivity index (χ0n) is 13.3. The third-order valence-corrected chi connectivity index (χ3v) is 4.18. The summed E-state index contributed by atoms with van der Waals surface area (Å²) < 4.78 is 5.42. The summed E-state index contributed by atoms with van der Waals surface area (Å²) in [6, 6.07) is 7.79. The lowest BCUT2D eigenvalue weighted by atomic mass is 9.86. The number of nitrogens with one attached hydrogen (secondary N) is 1. The number of hydrogen-bond acceptors (Lipinski definition) is 3. The minimum atomic E-state index is -0.494. The minimum absolute atomic E-state index is 0.0391. The van der Waals surface area contributed by atoms with E-state index in [1.807, 2.05) is 45.0 Å².